The van der Waals surface area contributed by atoms with Crippen molar-refractivity contribution in [1.82, 2.24) is 35.1 Å². The summed E-state index contributed by atoms with van der Waals surface area (Å²) in [6.45, 7) is 4.81. The number of nitrogens with zero attached hydrogens (tertiary/aromatic N) is 7. The first-order valence-electron chi connectivity index (χ1n) is 19.5. The fourth-order valence-corrected chi connectivity index (χ4v) is 9.69. The van der Waals surface area contributed by atoms with Crippen LogP contribution in [0.2, 0.25) is 0 Å². The molecule has 4 atom stereocenters. The van der Waals surface area contributed by atoms with Crippen LogP contribution in [0.3, 0.4) is 0 Å². The van der Waals surface area contributed by atoms with Crippen molar-refractivity contribution in [2.45, 2.75) is 88.4 Å². The molecule has 4 aliphatic heterocycles. The Morgan fingerprint density at radius 2 is 1.88 bits per heavy atom. The lowest BCUT2D eigenvalue weighted by atomic mass is 9.91. The van der Waals surface area contributed by atoms with E-state index in [0.29, 0.717) is 46.2 Å². The maximum atomic E-state index is 17.4. The van der Waals surface area contributed by atoms with Gasteiger partial charge in [0.05, 0.1) is 22.2 Å². The fourth-order valence-electron chi connectivity index (χ4n) is 9.69. The third kappa shape index (κ3) is 6.16. The number of benzene rings is 2. The van der Waals surface area contributed by atoms with Gasteiger partial charge in [-0.3, -0.25) is 4.90 Å². The van der Waals surface area contributed by atoms with Crippen LogP contribution in [-0.2, 0) is 6.42 Å². The molecule has 2 aromatic carbocycles. The second kappa shape index (κ2) is 14.7. The molecule has 3 fully saturated rings. The Bertz CT molecular complexity index is 2360. The molecule has 4 aliphatic rings. The SMILES string of the molecule is C#Cc1c(F)ccc2cccc(-c3nc4c5c(nc(OC[C@@]67CCCN6[C@H](COc6nccnc6C(F)F)CC7)nc5c3F)N3CCN[C@@H](CC)[C@H]3CCC4)c12. The van der Waals surface area contributed by atoms with Crippen LogP contribution in [0.5, 0.6) is 11.9 Å². The van der Waals surface area contributed by atoms with E-state index in [-0.39, 0.29) is 65.5 Å². The van der Waals surface area contributed by atoms with Gasteiger partial charge < -0.3 is 19.7 Å². The zero-order valence-corrected chi connectivity index (χ0v) is 31.1. The van der Waals surface area contributed by atoms with Gasteiger partial charge >= 0.3 is 6.01 Å². The molecular formula is C42H42F4N8O2. The fraction of sp³-hybridized carbons (Fsp3) is 0.452. The molecular weight excluding hydrogens is 725 g/mol. The average molecular weight is 767 g/mol. The molecule has 10 nitrogen and oxygen atoms in total. The normalized spacial score (nSPS) is 23.5. The van der Waals surface area contributed by atoms with E-state index in [2.05, 4.69) is 37.9 Å². The zero-order chi connectivity index (χ0) is 38.6. The summed E-state index contributed by atoms with van der Waals surface area (Å²) < 4.78 is 72.0. The number of aryl methyl sites for hydroxylation is 1. The number of aromatic nitrogens is 5. The van der Waals surface area contributed by atoms with Gasteiger partial charge in [0.25, 0.3) is 6.43 Å². The lowest BCUT2D eigenvalue weighted by molar-refractivity contribution is 0.0661. The van der Waals surface area contributed by atoms with E-state index >= 15 is 8.78 Å². The van der Waals surface area contributed by atoms with Gasteiger partial charge in [-0.05, 0) is 69.4 Å². The molecule has 0 saturated carbocycles. The number of fused-ring (bicyclic) bond motifs is 4. The standard InChI is InChI=1S/C42H42F4N8O2/c1-3-26-28(43)13-12-24-8-5-9-27(32(24)26)35-34(44)36-33-30(50-35)10-6-11-31-29(4-2)47-19-21-53(31)39(33)52-41(51-36)56-23-42-15-7-20-54(42)25(14-16-42)22-55-40-37(38(45)46)48-17-18-49-40/h1,5,8-9,12-13,17-18,25,29,31,38,47H,4,6-7,10-11,14-16,19-23H2,2H3/t25-,29-,31+,42-/m0/s1. The number of hydrogen-bond donors (Lipinski definition) is 1. The lowest BCUT2D eigenvalue weighted by Crippen LogP contribution is -2.58. The topological polar surface area (TPSA) is 101 Å². The Morgan fingerprint density at radius 3 is 2.71 bits per heavy atom. The molecule has 5 aromatic rings. The van der Waals surface area contributed by atoms with Gasteiger partial charge in [-0.2, -0.15) is 9.97 Å². The van der Waals surface area contributed by atoms with Gasteiger partial charge in [-0.15, -0.1) is 6.42 Å². The number of piperazine rings is 1. The second-order valence-electron chi connectivity index (χ2n) is 15.2. The van der Waals surface area contributed by atoms with E-state index in [1.54, 1.807) is 18.2 Å². The minimum absolute atomic E-state index is 0.0424. The van der Waals surface area contributed by atoms with Gasteiger partial charge in [0.1, 0.15) is 36.1 Å². The first-order valence-corrected chi connectivity index (χ1v) is 19.5. The highest BCUT2D eigenvalue weighted by Gasteiger charge is 2.50. The van der Waals surface area contributed by atoms with Crippen LogP contribution < -0.4 is 19.7 Å². The van der Waals surface area contributed by atoms with Crippen LogP contribution in [0.1, 0.15) is 75.2 Å². The van der Waals surface area contributed by atoms with Crippen molar-refractivity contribution >= 4 is 27.5 Å². The molecule has 0 spiro atoms. The summed E-state index contributed by atoms with van der Waals surface area (Å²) in [5.41, 5.74) is 0.444. The molecule has 290 valence electrons. The van der Waals surface area contributed by atoms with Gasteiger partial charge in [-0.1, -0.05) is 37.1 Å². The van der Waals surface area contributed by atoms with Crippen LogP contribution in [0.25, 0.3) is 32.9 Å². The second-order valence-corrected chi connectivity index (χ2v) is 15.2. The van der Waals surface area contributed by atoms with Crippen LogP contribution >= 0.6 is 0 Å². The molecule has 0 unspecified atom stereocenters. The van der Waals surface area contributed by atoms with Crippen molar-refractivity contribution in [3.63, 3.8) is 0 Å². The van der Waals surface area contributed by atoms with Gasteiger partial charge in [0.2, 0.25) is 5.88 Å². The highest BCUT2D eigenvalue weighted by Crippen LogP contribution is 2.44. The van der Waals surface area contributed by atoms with E-state index in [9.17, 15) is 8.78 Å². The van der Waals surface area contributed by atoms with E-state index < -0.39 is 23.8 Å². The van der Waals surface area contributed by atoms with Gasteiger partial charge in [0.15, 0.2) is 11.5 Å². The van der Waals surface area contributed by atoms with E-state index in [0.717, 1.165) is 58.0 Å². The number of ether oxygens (including phenoxy) is 2. The quantitative estimate of drug-likeness (QED) is 0.123. The van der Waals surface area contributed by atoms with Crippen LogP contribution in [0, 0.1) is 24.0 Å². The molecule has 9 rings (SSSR count). The van der Waals surface area contributed by atoms with Crippen molar-refractivity contribution in [1.29, 1.82) is 0 Å². The molecule has 56 heavy (non-hydrogen) atoms. The average Bonchev–Trinajstić information content (AvgIpc) is 3.78. The monoisotopic (exact) mass is 766 g/mol. The molecule has 3 aromatic heterocycles. The third-order valence-electron chi connectivity index (χ3n) is 12.3. The molecule has 0 radical (unpaired) electrons. The number of pyridine rings is 1. The van der Waals surface area contributed by atoms with E-state index in [1.807, 2.05) is 6.07 Å². The number of terminal acetylenes is 1. The van der Waals surface area contributed by atoms with Crippen molar-refractivity contribution in [2.24, 2.45) is 0 Å². The Hall–Kier alpha value is -5.13. The predicted octanol–water partition coefficient (Wildman–Crippen LogP) is 7.18. The Kier molecular flexibility index (Phi) is 9.61. The number of halogens is 4. The van der Waals surface area contributed by atoms with Gasteiger partial charge in [0, 0.05) is 54.6 Å². The maximum Gasteiger partial charge on any atom is 0.319 e. The number of anilines is 1. The largest absolute Gasteiger partial charge is 0.475 e. The van der Waals surface area contributed by atoms with Crippen LogP contribution in [-0.4, -0.2) is 86.3 Å². The summed E-state index contributed by atoms with van der Waals surface area (Å²) in [6, 6.07) is 8.68. The van der Waals surface area contributed by atoms with Gasteiger partial charge in [-0.25, -0.2) is 32.5 Å². The molecule has 0 amide bonds. The Balaban J connectivity index is 1.11. The zero-order valence-electron chi connectivity index (χ0n) is 31.1. The number of hydrogen-bond acceptors (Lipinski definition) is 10. The van der Waals surface area contributed by atoms with E-state index in [1.165, 1.54) is 18.5 Å². The van der Waals surface area contributed by atoms with Crippen LogP contribution in [0.15, 0.2) is 42.7 Å². The van der Waals surface area contributed by atoms with Crippen molar-refractivity contribution in [2.75, 3.05) is 37.7 Å². The highest BCUT2D eigenvalue weighted by molar-refractivity contribution is 6.02. The molecule has 3 saturated heterocycles. The number of alkyl halides is 2. The summed E-state index contributed by atoms with van der Waals surface area (Å²) in [5, 5.41) is 5.33. The highest BCUT2D eigenvalue weighted by atomic mass is 19.3. The first kappa shape index (κ1) is 36.5. The van der Waals surface area contributed by atoms with Crippen molar-refractivity contribution < 1.29 is 27.0 Å². The summed E-state index contributed by atoms with van der Waals surface area (Å²) >= 11 is 0. The summed E-state index contributed by atoms with van der Waals surface area (Å²) in [7, 11) is 0. The summed E-state index contributed by atoms with van der Waals surface area (Å²) in [6.07, 6.45) is 12.2. The van der Waals surface area contributed by atoms with Crippen molar-refractivity contribution in [3.05, 3.63) is 71.3 Å². The number of nitrogens with one attached hydrogen (secondary N) is 1. The predicted molar refractivity (Wildman–Crippen MR) is 204 cm³/mol. The van der Waals surface area contributed by atoms with Crippen molar-refractivity contribution in [3.8, 4) is 35.5 Å². The molecule has 1 N–H and O–H groups in total. The third-order valence-corrected chi connectivity index (χ3v) is 12.3. The summed E-state index contributed by atoms with van der Waals surface area (Å²) in [5.74, 6) is 1.71. The van der Waals surface area contributed by atoms with E-state index in [4.69, 9.17) is 30.8 Å². The van der Waals surface area contributed by atoms with Crippen LogP contribution in [0.4, 0.5) is 23.4 Å². The maximum absolute atomic E-state index is 17.4. The molecule has 0 aliphatic carbocycles. The molecule has 14 heteroatoms. The Labute approximate surface area is 322 Å². The smallest absolute Gasteiger partial charge is 0.319 e. The minimum atomic E-state index is -2.80. The minimum Gasteiger partial charge on any atom is -0.475 e. The first-order chi connectivity index (χ1) is 27.3. The summed E-state index contributed by atoms with van der Waals surface area (Å²) in [4.78, 5) is 27.2. The lowest BCUT2D eigenvalue weighted by Gasteiger charge is -2.44. The molecule has 0 bridgehead atoms. The number of rotatable bonds is 9. The Morgan fingerprint density at radius 1 is 1.00 bits per heavy atom. The molecule has 7 heterocycles.